The smallest absolute Gasteiger partial charge is 0.319 e. The highest BCUT2D eigenvalue weighted by atomic mass is 32.2. The molecule has 3 rings (SSSR count). The summed E-state index contributed by atoms with van der Waals surface area (Å²) in [5.41, 5.74) is 3.00. The molecule has 0 unspecified atom stereocenters. The zero-order valence-electron chi connectivity index (χ0n) is 16.3. The monoisotopic (exact) mass is 396 g/mol. The molecule has 28 heavy (non-hydrogen) atoms. The highest BCUT2D eigenvalue weighted by Gasteiger charge is 2.25. The van der Waals surface area contributed by atoms with Gasteiger partial charge in [-0.3, -0.25) is 14.3 Å². The van der Waals surface area contributed by atoms with Crippen molar-refractivity contribution < 1.29 is 9.53 Å². The number of hydrogen-bond donors (Lipinski definition) is 0. The number of rotatable bonds is 8. The first-order valence-corrected chi connectivity index (χ1v) is 10.3. The summed E-state index contributed by atoms with van der Waals surface area (Å²) in [6, 6.07) is 11.9. The first kappa shape index (κ1) is 20.1. The standard InChI is InChI=1S/C21H24N4O2S/c1-4-8-18(20(26)27-5-2)28-21-24-23-19(16-11-13-22-14-12-16)25(21)17-10-7-6-9-15(17)3/h6-7,9-14,18H,4-5,8H2,1-3H3/t18-/m1/s1. The van der Waals surface area contributed by atoms with Crippen LogP contribution in [0.2, 0.25) is 0 Å². The number of nitrogens with zero attached hydrogens (tertiary/aromatic N) is 4. The third kappa shape index (κ3) is 4.42. The molecule has 1 aromatic carbocycles. The van der Waals surface area contributed by atoms with Gasteiger partial charge in [-0.05, 0) is 44.0 Å². The first-order valence-electron chi connectivity index (χ1n) is 9.40. The third-order valence-electron chi connectivity index (χ3n) is 4.28. The minimum absolute atomic E-state index is 0.209. The van der Waals surface area contributed by atoms with Crippen molar-refractivity contribution in [3.8, 4) is 17.1 Å². The number of aryl methyl sites for hydroxylation is 1. The Kier molecular flexibility index (Phi) is 6.81. The van der Waals surface area contributed by atoms with Gasteiger partial charge in [-0.2, -0.15) is 0 Å². The van der Waals surface area contributed by atoms with Gasteiger partial charge in [0, 0.05) is 18.0 Å². The normalized spacial score (nSPS) is 12.0. The molecule has 2 aromatic heterocycles. The van der Waals surface area contributed by atoms with Gasteiger partial charge in [0.2, 0.25) is 0 Å². The lowest BCUT2D eigenvalue weighted by molar-refractivity contribution is -0.142. The predicted molar refractivity (Wildman–Crippen MR) is 111 cm³/mol. The number of pyridine rings is 1. The van der Waals surface area contributed by atoms with Gasteiger partial charge in [0.05, 0.1) is 12.3 Å². The largest absolute Gasteiger partial charge is 0.465 e. The third-order valence-corrected chi connectivity index (χ3v) is 5.46. The number of para-hydroxylation sites is 1. The second kappa shape index (κ2) is 9.50. The van der Waals surface area contributed by atoms with Crippen LogP contribution in [-0.2, 0) is 9.53 Å². The highest BCUT2D eigenvalue weighted by Crippen LogP contribution is 2.32. The van der Waals surface area contributed by atoms with Crippen LogP contribution >= 0.6 is 11.8 Å². The van der Waals surface area contributed by atoms with Crippen LogP contribution in [0.1, 0.15) is 32.3 Å². The topological polar surface area (TPSA) is 69.9 Å². The zero-order chi connectivity index (χ0) is 19.9. The van der Waals surface area contributed by atoms with Crippen molar-refractivity contribution in [3.63, 3.8) is 0 Å². The summed E-state index contributed by atoms with van der Waals surface area (Å²) in [5, 5.41) is 9.21. The molecule has 6 nitrogen and oxygen atoms in total. The van der Waals surface area contributed by atoms with Gasteiger partial charge < -0.3 is 4.74 Å². The predicted octanol–water partition coefficient (Wildman–Crippen LogP) is 4.46. The summed E-state index contributed by atoms with van der Waals surface area (Å²) in [5.74, 6) is 0.512. The average molecular weight is 397 g/mol. The summed E-state index contributed by atoms with van der Waals surface area (Å²) < 4.78 is 7.28. The molecule has 0 fully saturated rings. The number of aromatic nitrogens is 4. The molecule has 0 radical (unpaired) electrons. The van der Waals surface area contributed by atoms with Gasteiger partial charge in [0.15, 0.2) is 11.0 Å². The number of thioether (sulfide) groups is 1. The number of esters is 1. The number of hydrogen-bond acceptors (Lipinski definition) is 6. The fourth-order valence-corrected chi connectivity index (χ4v) is 4.07. The van der Waals surface area contributed by atoms with Crippen molar-refractivity contribution in [1.29, 1.82) is 0 Å². The summed E-state index contributed by atoms with van der Waals surface area (Å²) in [7, 11) is 0. The van der Waals surface area contributed by atoms with Crippen molar-refractivity contribution in [2.24, 2.45) is 0 Å². The number of carbonyl (C=O) groups excluding carboxylic acids is 1. The molecular formula is C21H24N4O2S. The van der Waals surface area contributed by atoms with Crippen molar-refractivity contribution >= 4 is 17.7 Å². The van der Waals surface area contributed by atoms with E-state index in [0.717, 1.165) is 29.1 Å². The molecular weight excluding hydrogens is 372 g/mol. The molecule has 0 aliphatic carbocycles. The lowest BCUT2D eigenvalue weighted by Gasteiger charge is -2.16. The Morgan fingerprint density at radius 1 is 1.14 bits per heavy atom. The van der Waals surface area contributed by atoms with Gasteiger partial charge in [-0.25, -0.2) is 0 Å². The Labute approximate surface area is 169 Å². The summed E-state index contributed by atoms with van der Waals surface area (Å²) in [4.78, 5) is 16.5. The Bertz CT molecular complexity index is 927. The van der Waals surface area contributed by atoms with E-state index in [9.17, 15) is 4.79 Å². The number of ether oxygens (including phenoxy) is 1. The van der Waals surface area contributed by atoms with Crippen molar-refractivity contribution in [2.75, 3.05) is 6.61 Å². The molecule has 146 valence electrons. The molecule has 1 atom stereocenters. The van der Waals surface area contributed by atoms with Crippen LogP contribution in [0.25, 0.3) is 17.1 Å². The summed E-state index contributed by atoms with van der Waals surface area (Å²) >= 11 is 1.41. The van der Waals surface area contributed by atoms with E-state index in [-0.39, 0.29) is 11.2 Å². The van der Waals surface area contributed by atoms with Crippen LogP contribution in [-0.4, -0.2) is 37.6 Å². The maximum absolute atomic E-state index is 12.4. The van der Waals surface area contributed by atoms with Crippen molar-refractivity contribution in [2.45, 2.75) is 44.0 Å². The van der Waals surface area contributed by atoms with Gasteiger partial charge in [0.25, 0.3) is 0 Å². The summed E-state index contributed by atoms with van der Waals surface area (Å²) in [6.07, 6.45) is 5.07. The maximum Gasteiger partial charge on any atom is 0.319 e. The first-order chi connectivity index (χ1) is 13.7. The van der Waals surface area contributed by atoms with E-state index in [1.807, 2.05) is 41.8 Å². The molecule has 0 saturated carbocycles. The molecule has 0 saturated heterocycles. The van der Waals surface area contributed by atoms with Crippen LogP contribution in [0, 0.1) is 6.92 Å². The van der Waals surface area contributed by atoms with Crippen LogP contribution in [0.4, 0.5) is 0 Å². The summed E-state index contributed by atoms with van der Waals surface area (Å²) in [6.45, 7) is 6.30. The Hall–Kier alpha value is -2.67. The molecule has 7 heteroatoms. The van der Waals surface area contributed by atoms with E-state index in [1.54, 1.807) is 12.4 Å². The van der Waals surface area contributed by atoms with Gasteiger partial charge in [-0.15, -0.1) is 10.2 Å². The van der Waals surface area contributed by atoms with Gasteiger partial charge >= 0.3 is 5.97 Å². The lowest BCUT2D eigenvalue weighted by Crippen LogP contribution is -2.21. The molecule has 2 heterocycles. The van der Waals surface area contributed by atoms with Crippen LogP contribution < -0.4 is 0 Å². The average Bonchev–Trinajstić information content (AvgIpc) is 3.12. The van der Waals surface area contributed by atoms with E-state index in [1.165, 1.54) is 11.8 Å². The van der Waals surface area contributed by atoms with E-state index in [2.05, 4.69) is 35.1 Å². The molecule has 0 amide bonds. The van der Waals surface area contributed by atoms with E-state index >= 15 is 0 Å². The van der Waals surface area contributed by atoms with Crippen molar-refractivity contribution in [1.82, 2.24) is 19.7 Å². The second-order valence-electron chi connectivity index (χ2n) is 6.31. The van der Waals surface area contributed by atoms with Crippen molar-refractivity contribution in [3.05, 3.63) is 54.4 Å². The minimum atomic E-state index is -0.317. The van der Waals surface area contributed by atoms with Gasteiger partial charge in [-0.1, -0.05) is 43.3 Å². The molecule has 0 aliphatic heterocycles. The fraction of sp³-hybridized carbons (Fsp3) is 0.333. The quantitative estimate of drug-likeness (QED) is 0.413. The second-order valence-corrected chi connectivity index (χ2v) is 7.48. The number of benzene rings is 1. The maximum atomic E-state index is 12.4. The minimum Gasteiger partial charge on any atom is -0.465 e. The fourth-order valence-electron chi connectivity index (χ4n) is 2.92. The van der Waals surface area contributed by atoms with Gasteiger partial charge in [0.1, 0.15) is 5.25 Å². The molecule has 0 bridgehead atoms. The van der Waals surface area contributed by atoms with Crippen LogP contribution in [0.15, 0.2) is 53.9 Å². The lowest BCUT2D eigenvalue weighted by atomic mass is 10.2. The van der Waals surface area contributed by atoms with E-state index in [4.69, 9.17) is 4.74 Å². The Morgan fingerprint density at radius 3 is 2.57 bits per heavy atom. The Balaban J connectivity index is 2.08. The van der Waals surface area contributed by atoms with Crippen LogP contribution in [0.5, 0.6) is 0 Å². The van der Waals surface area contributed by atoms with Crippen LogP contribution in [0.3, 0.4) is 0 Å². The molecule has 3 aromatic rings. The number of carbonyl (C=O) groups is 1. The zero-order valence-corrected chi connectivity index (χ0v) is 17.1. The Morgan fingerprint density at radius 2 is 1.89 bits per heavy atom. The molecule has 0 aliphatic rings. The van der Waals surface area contributed by atoms with E-state index < -0.39 is 0 Å². The molecule has 0 spiro atoms. The molecule has 0 N–H and O–H groups in total. The van der Waals surface area contributed by atoms with E-state index in [0.29, 0.717) is 18.2 Å². The SMILES string of the molecule is CCC[C@@H](Sc1nnc(-c2ccncc2)n1-c1ccccc1C)C(=O)OCC. The highest BCUT2D eigenvalue weighted by molar-refractivity contribution is 8.00.